The van der Waals surface area contributed by atoms with Crippen LogP contribution in [-0.2, 0) is 0 Å². The van der Waals surface area contributed by atoms with Crippen molar-refractivity contribution in [1.29, 1.82) is 0 Å². The Labute approximate surface area is 107 Å². The highest BCUT2D eigenvalue weighted by Crippen LogP contribution is 2.20. The van der Waals surface area contributed by atoms with E-state index in [1.165, 1.54) is 0 Å². The maximum absolute atomic E-state index is 9.11. The lowest BCUT2D eigenvalue weighted by Crippen LogP contribution is -2.29. The second kappa shape index (κ2) is 5.89. The molecule has 0 spiro atoms. The number of hydrogen-bond donors (Lipinski definition) is 2. The molecule has 0 saturated heterocycles. The van der Waals surface area contributed by atoms with E-state index in [4.69, 9.17) is 14.8 Å². The Kier molecular flexibility index (Phi) is 4.23. The number of hydrogen-bond acceptors (Lipinski definition) is 3. The third-order valence-electron chi connectivity index (χ3n) is 2.90. The summed E-state index contributed by atoms with van der Waals surface area (Å²) in [5.74, 6) is 0.855. The molecule has 0 aliphatic heterocycles. The summed E-state index contributed by atoms with van der Waals surface area (Å²) in [5.41, 5.74) is 0.502. The molecule has 0 atom stereocenters. The normalized spacial score (nSPS) is 10.6. The molecule has 0 saturated carbocycles. The SMILES string of the molecule is CCCCOc1ccc2cc(B(O)O)ccc2c1. The maximum Gasteiger partial charge on any atom is 0.488 e. The molecule has 0 fully saturated rings. The van der Waals surface area contributed by atoms with E-state index in [0.717, 1.165) is 36.0 Å². The monoisotopic (exact) mass is 244 g/mol. The topological polar surface area (TPSA) is 49.7 Å². The number of benzene rings is 2. The zero-order valence-corrected chi connectivity index (χ0v) is 10.5. The zero-order valence-electron chi connectivity index (χ0n) is 10.5. The Morgan fingerprint density at radius 1 is 1.06 bits per heavy atom. The smallest absolute Gasteiger partial charge is 0.488 e. The van der Waals surface area contributed by atoms with E-state index in [1.807, 2.05) is 24.3 Å². The van der Waals surface area contributed by atoms with Crippen LogP contribution in [0.4, 0.5) is 0 Å². The number of unbranched alkanes of at least 4 members (excludes halogenated alkanes) is 1. The fourth-order valence-electron chi connectivity index (χ4n) is 1.83. The first-order chi connectivity index (χ1) is 8.70. The predicted molar refractivity (Wildman–Crippen MR) is 74.2 cm³/mol. The van der Waals surface area contributed by atoms with Crippen molar-refractivity contribution in [1.82, 2.24) is 0 Å². The Bertz CT molecular complexity index is 525. The highest BCUT2D eigenvalue weighted by Gasteiger charge is 2.10. The van der Waals surface area contributed by atoms with Crippen molar-refractivity contribution in [3.05, 3.63) is 36.4 Å². The van der Waals surface area contributed by atoms with Crippen LogP contribution >= 0.6 is 0 Å². The van der Waals surface area contributed by atoms with Gasteiger partial charge in [0.25, 0.3) is 0 Å². The minimum atomic E-state index is -1.42. The van der Waals surface area contributed by atoms with Gasteiger partial charge in [-0.3, -0.25) is 0 Å². The maximum atomic E-state index is 9.11. The fraction of sp³-hybridized carbons (Fsp3) is 0.286. The van der Waals surface area contributed by atoms with E-state index >= 15 is 0 Å². The molecule has 0 aliphatic rings. The molecule has 18 heavy (non-hydrogen) atoms. The molecule has 0 unspecified atom stereocenters. The first kappa shape index (κ1) is 12.9. The molecule has 2 N–H and O–H groups in total. The van der Waals surface area contributed by atoms with Crippen LogP contribution in [0.3, 0.4) is 0 Å². The van der Waals surface area contributed by atoms with E-state index in [2.05, 4.69) is 6.92 Å². The molecule has 0 aromatic heterocycles. The molecule has 4 heteroatoms. The largest absolute Gasteiger partial charge is 0.494 e. The molecule has 3 nitrogen and oxygen atoms in total. The first-order valence-electron chi connectivity index (χ1n) is 6.23. The van der Waals surface area contributed by atoms with Crippen LogP contribution < -0.4 is 10.2 Å². The molecule has 2 rings (SSSR count). The fourth-order valence-corrected chi connectivity index (χ4v) is 1.83. The van der Waals surface area contributed by atoms with Crippen molar-refractivity contribution in [2.75, 3.05) is 6.61 Å². The van der Waals surface area contributed by atoms with Crippen molar-refractivity contribution < 1.29 is 14.8 Å². The molecule has 0 bridgehead atoms. The standard InChI is InChI=1S/C14H17BO3/c1-2-3-8-18-14-7-5-11-9-13(15(16)17)6-4-12(11)10-14/h4-7,9-10,16-17H,2-3,8H2,1H3. The summed E-state index contributed by atoms with van der Waals surface area (Å²) in [6.45, 7) is 2.86. The number of rotatable bonds is 5. The zero-order chi connectivity index (χ0) is 13.0. The molecule has 94 valence electrons. The van der Waals surface area contributed by atoms with Gasteiger partial charge in [-0.05, 0) is 34.8 Å². The van der Waals surface area contributed by atoms with E-state index in [0.29, 0.717) is 5.46 Å². The van der Waals surface area contributed by atoms with Gasteiger partial charge in [-0.25, -0.2) is 0 Å². The van der Waals surface area contributed by atoms with Crippen molar-refractivity contribution in [2.24, 2.45) is 0 Å². The quantitative estimate of drug-likeness (QED) is 0.621. The molecule has 0 radical (unpaired) electrons. The molecule has 2 aromatic rings. The summed E-state index contributed by atoms with van der Waals surface area (Å²) < 4.78 is 5.63. The van der Waals surface area contributed by atoms with E-state index in [9.17, 15) is 0 Å². The second-order valence-electron chi connectivity index (χ2n) is 4.34. The summed E-state index contributed by atoms with van der Waals surface area (Å²) in [6.07, 6.45) is 2.17. The minimum Gasteiger partial charge on any atom is -0.494 e. The molecule has 2 aromatic carbocycles. The van der Waals surface area contributed by atoms with E-state index in [-0.39, 0.29) is 0 Å². The third kappa shape index (κ3) is 3.03. The van der Waals surface area contributed by atoms with Crippen molar-refractivity contribution in [3.8, 4) is 5.75 Å². The Morgan fingerprint density at radius 2 is 1.78 bits per heavy atom. The second-order valence-corrected chi connectivity index (χ2v) is 4.34. The summed E-state index contributed by atoms with van der Waals surface area (Å²) in [6, 6.07) is 11.2. The van der Waals surface area contributed by atoms with Gasteiger partial charge < -0.3 is 14.8 Å². The lowest BCUT2D eigenvalue weighted by atomic mass is 9.79. The highest BCUT2D eigenvalue weighted by atomic mass is 16.5. The lowest BCUT2D eigenvalue weighted by Gasteiger charge is -2.07. The van der Waals surface area contributed by atoms with Crippen LogP contribution in [0.5, 0.6) is 5.75 Å². The Hall–Kier alpha value is -1.52. The molecular weight excluding hydrogens is 227 g/mol. The first-order valence-corrected chi connectivity index (χ1v) is 6.23. The Morgan fingerprint density at radius 3 is 2.50 bits per heavy atom. The van der Waals surface area contributed by atoms with Crippen LogP contribution in [0.1, 0.15) is 19.8 Å². The average molecular weight is 244 g/mol. The summed E-state index contributed by atoms with van der Waals surface area (Å²) >= 11 is 0. The van der Waals surface area contributed by atoms with Crippen LogP contribution in [0.2, 0.25) is 0 Å². The Balaban J connectivity index is 2.21. The summed E-state index contributed by atoms with van der Waals surface area (Å²) in [4.78, 5) is 0. The van der Waals surface area contributed by atoms with E-state index in [1.54, 1.807) is 12.1 Å². The number of ether oxygens (including phenoxy) is 1. The van der Waals surface area contributed by atoms with Gasteiger partial charge in [0.05, 0.1) is 6.61 Å². The van der Waals surface area contributed by atoms with Crippen LogP contribution in [-0.4, -0.2) is 23.8 Å². The van der Waals surface area contributed by atoms with E-state index < -0.39 is 7.12 Å². The average Bonchev–Trinajstić information content (AvgIpc) is 2.38. The summed E-state index contributed by atoms with van der Waals surface area (Å²) in [7, 11) is -1.42. The number of fused-ring (bicyclic) bond motifs is 1. The van der Waals surface area contributed by atoms with Gasteiger partial charge in [-0.15, -0.1) is 0 Å². The minimum absolute atomic E-state index is 0.502. The van der Waals surface area contributed by atoms with Crippen molar-refractivity contribution >= 4 is 23.4 Å². The van der Waals surface area contributed by atoms with Gasteiger partial charge in [0.15, 0.2) is 0 Å². The summed E-state index contributed by atoms with van der Waals surface area (Å²) in [5, 5.41) is 20.2. The van der Waals surface area contributed by atoms with Gasteiger partial charge in [-0.2, -0.15) is 0 Å². The van der Waals surface area contributed by atoms with Crippen LogP contribution in [0, 0.1) is 0 Å². The van der Waals surface area contributed by atoms with Crippen LogP contribution in [0.15, 0.2) is 36.4 Å². The molecule has 0 aliphatic carbocycles. The van der Waals surface area contributed by atoms with Crippen molar-refractivity contribution in [2.45, 2.75) is 19.8 Å². The van der Waals surface area contributed by atoms with Gasteiger partial charge in [-0.1, -0.05) is 37.6 Å². The van der Waals surface area contributed by atoms with Gasteiger partial charge in [0.1, 0.15) is 5.75 Å². The van der Waals surface area contributed by atoms with Gasteiger partial charge >= 0.3 is 7.12 Å². The predicted octanol–water partition coefficient (Wildman–Crippen LogP) is 1.70. The van der Waals surface area contributed by atoms with Gasteiger partial charge in [0.2, 0.25) is 0 Å². The highest BCUT2D eigenvalue weighted by molar-refractivity contribution is 6.58. The van der Waals surface area contributed by atoms with Gasteiger partial charge in [0, 0.05) is 0 Å². The third-order valence-corrected chi connectivity index (χ3v) is 2.90. The molecule has 0 heterocycles. The molecular formula is C14H17BO3. The molecule has 0 amide bonds. The van der Waals surface area contributed by atoms with Crippen LogP contribution in [0.25, 0.3) is 10.8 Å². The lowest BCUT2D eigenvalue weighted by molar-refractivity contribution is 0.310. The van der Waals surface area contributed by atoms with Crippen molar-refractivity contribution in [3.63, 3.8) is 0 Å².